The SMILES string of the molecule is CCOc1ccc(O)c(CNCC(C)(O)c2ccc(F)cc2F)c1. The van der Waals surface area contributed by atoms with Crippen molar-refractivity contribution in [2.75, 3.05) is 13.2 Å². The largest absolute Gasteiger partial charge is 0.508 e. The van der Waals surface area contributed by atoms with Crippen LogP contribution in [0.1, 0.15) is 25.0 Å². The molecular formula is C18H21F2NO3. The first-order valence-corrected chi connectivity index (χ1v) is 7.67. The Kier molecular flexibility index (Phi) is 5.75. The lowest BCUT2D eigenvalue weighted by Gasteiger charge is -2.25. The minimum absolute atomic E-state index is 0.00342. The number of phenols is 1. The van der Waals surface area contributed by atoms with E-state index >= 15 is 0 Å². The Labute approximate surface area is 139 Å². The third kappa shape index (κ3) is 4.43. The van der Waals surface area contributed by atoms with Crippen LogP contribution in [0.3, 0.4) is 0 Å². The van der Waals surface area contributed by atoms with Gasteiger partial charge in [-0.3, -0.25) is 0 Å². The Bertz CT molecular complexity index is 705. The van der Waals surface area contributed by atoms with Gasteiger partial charge in [-0.25, -0.2) is 8.78 Å². The number of ether oxygens (including phenoxy) is 1. The monoisotopic (exact) mass is 337 g/mol. The predicted octanol–water partition coefficient (Wildman–Crippen LogP) is 3.07. The topological polar surface area (TPSA) is 61.7 Å². The second kappa shape index (κ2) is 7.59. The number of hydrogen-bond donors (Lipinski definition) is 3. The normalized spacial score (nSPS) is 13.5. The zero-order valence-corrected chi connectivity index (χ0v) is 13.6. The van der Waals surface area contributed by atoms with E-state index in [2.05, 4.69) is 5.32 Å². The molecule has 3 N–H and O–H groups in total. The highest BCUT2D eigenvalue weighted by Crippen LogP contribution is 2.25. The van der Waals surface area contributed by atoms with Gasteiger partial charge in [0.2, 0.25) is 0 Å². The summed E-state index contributed by atoms with van der Waals surface area (Å²) in [6.07, 6.45) is 0. The summed E-state index contributed by atoms with van der Waals surface area (Å²) in [7, 11) is 0. The molecule has 0 heterocycles. The smallest absolute Gasteiger partial charge is 0.132 e. The van der Waals surface area contributed by atoms with Gasteiger partial charge in [0, 0.05) is 30.3 Å². The van der Waals surface area contributed by atoms with E-state index in [4.69, 9.17) is 4.74 Å². The van der Waals surface area contributed by atoms with E-state index in [9.17, 15) is 19.0 Å². The van der Waals surface area contributed by atoms with E-state index in [-0.39, 0.29) is 24.4 Å². The second-order valence-corrected chi connectivity index (χ2v) is 5.73. The maximum atomic E-state index is 13.8. The summed E-state index contributed by atoms with van der Waals surface area (Å²) >= 11 is 0. The molecule has 0 amide bonds. The standard InChI is InChI=1S/C18H21F2NO3/c1-3-24-14-5-7-17(22)12(8-14)10-21-11-18(2,23)15-6-4-13(19)9-16(15)20/h4-9,21-23H,3,10-11H2,1-2H3. The molecule has 4 nitrogen and oxygen atoms in total. The van der Waals surface area contributed by atoms with E-state index in [1.807, 2.05) is 6.92 Å². The molecule has 2 aromatic rings. The Morgan fingerprint density at radius 1 is 1.17 bits per heavy atom. The first-order valence-electron chi connectivity index (χ1n) is 7.67. The van der Waals surface area contributed by atoms with Gasteiger partial charge in [0.25, 0.3) is 0 Å². The van der Waals surface area contributed by atoms with Crippen LogP contribution in [0.15, 0.2) is 36.4 Å². The van der Waals surface area contributed by atoms with Gasteiger partial charge in [-0.15, -0.1) is 0 Å². The molecule has 2 rings (SSSR count). The first kappa shape index (κ1) is 18.2. The molecule has 0 aromatic heterocycles. The molecule has 0 radical (unpaired) electrons. The van der Waals surface area contributed by atoms with Crippen molar-refractivity contribution in [1.29, 1.82) is 0 Å². The third-order valence-electron chi connectivity index (χ3n) is 3.66. The number of rotatable bonds is 7. The van der Waals surface area contributed by atoms with Crippen LogP contribution in [0, 0.1) is 11.6 Å². The van der Waals surface area contributed by atoms with Crippen molar-refractivity contribution in [2.45, 2.75) is 26.0 Å². The van der Waals surface area contributed by atoms with E-state index < -0.39 is 17.2 Å². The average Bonchev–Trinajstić information content (AvgIpc) is 2.50. The number of aromatic hydroxyl groups is 1. The highest BCUT2D eigenvalue weighted by atomic mass is 19.1. The van der Waals surface area contributed by atoms with E-state index in [0.29, 0.717) is 17.9 Å². The maximum absolute atomic E-state index is 13.8. The average molecular weight is 337 g/mol. The van der Waals surface area contributed by atoms with Crippen LogP contribution < -0.4 is 10.1 Å². The number of benzene rings is 2. The molecule has 0 saturated heterocycles. The lowest BCUT2D eigenvalue weighted by molar-refractivity contribution is 0.0528. The molecule has 6 heteroatoms. The summed E-state index contributed by atoms with van der Waals surface area (Å²) < 4.78 is 32.2. The Hall–Kier alpha value is -2.18. The molecule has 2 aromatic carbocycles. The van der Waals surface area contributed by atoms with Crippen LogP contribution in [0.5, 0.6) is 11.5 Å². The lowest BCUT2D eigenvalue weighted by atomic mass is 9.95. The zero-order valence-electron chi connectivity index (χ0n) is 13.6. The van der Waals surface area contributed by atoms with Crippen molar-refractivity contribution in [2.24, 2.45) is 0 Å². The van der Waals surface area contributed by atoms with Crippen LogP contribution in [0.2, 0.25) is 0 Å². The minimum Gasteiger partial charge on any atom is -0.508 e. The van der Waals surface area contributed by atoms with Crippen LogP contribution in [0.25, 0.3) is 0 Å². The highest BCUT2D eigenvalue weighted by Gasteiger charge is 2.26. The Balaban J connectivity index is 2.04. The summed E-state index contributed by atoms with van der Waals surface area (Å²) in [5, 5.41) is 23.3. The molecular weight excluding hydrogens is 316 g/mol. The molecule has 0 saturated carbocycles. The Morgan fingerprint density at radius 2 is 1.92 bits per heavy atom. The van der Waals surface area contributed by atoms with Crippen molar-refractivity contribution >= 4 is 0 Å². The van der Waals surface area contributed by atoms with Crippen LogP contribution in [-0.2, 0) is 12.1 Å². The van der Waals surface area contributed by atoms with Crippen molar-refractivity contribution in [3.63, 3.8) is 0 Å². The summed E-state index contributed by atoms with van der Waals surface area (Å²) in [6, 6.07) is 7.94. The molecule has 0 aliphatic carbocycles. The van der Waals surface area contributed by atoms with Gasteiger partial charge in [-0.05, 0) is 38.1 Å². The summed E-state index contributed by atoms with van der Waals surface area (Å²) in [5.41, 5.74) is -0.926. The number of aliphatic hydroxyl groups is 1. The summed E-state index contributed by atoms with van der Waals surface area (Å²) in [6.45, 7) is 4.09. The number of nitrogens with one attached hydrogen (secondary N) is 1. The molecule has 0 spiro atoms. The first-order chi connectivity index (χ1) is 11.3. The fraction of sp³-hybridized carbons (Fsp3) is 0.333. The molecule has 1 atom stereocenters. The third-order valence-corrected chi connectivity index (χ3v) is 3.66. The fourth-order valence-electron chi connectivity index (χ4n) is 2.42. The molecule has 0 aliphatic heterocycles. The number of hydrogen-bond acceptors (Lipinski definition) is 4. The van der Waals surface area contributed by atoms with E-state index in [0.717, 1.165) is 12.1 Å². The molecule has 0 fully saturated rings. The fourth-order valence-corrected chi connectivity index (χ4v) is 2.42. The zero-order chi connectivity index (χ0) is 17.7. The van der Waals surface area contributed by atoms with Gasteiger partial charge >= 0.3 is 0 Å². The summed E-state index contributed by atoms with van der Waals surface area (Å²) in [5.74, 6) is -0.775. The van der Waals surface area contributed by atoms with Crippen LogP contribution in [-0.4, -0.2) is 23.4 Å². The highest BCUT2D eigenvalue weighted by molar-refractivity contribution is 5.39. The van der Waals surface area contributed by atoms with Crippen molar-refractivity contribution < 1.29 is 23.7 Å². The predicted molar refractivity (Wildman–Crippen MR) is 86.9 cm³/mol. The Morgan fingerprint density at radius 3 is 2.58 bits per heavy atom. The van der Waals surface area contributed by atoms with Gasteiger partial charge in [-0.1, -0.05) is 6.07 Å². The van der Waals surface area contributed by atoms with Gasteiger partial charge < -0.3 is 20.3 Å². The molecule has 1 unspecified atom stereocenters. The second-order valence-electron chi connectivity index (χ2n) is 5.73. The quantitative estimate of drug-likeness (QED) is 0.727. The van der Waals surface area contributed by atoms with Gasteiger partial charge in [0.1, 0.15) is 28.7 Å². The van der Waals surface area contributed by atoms with Crippen molar-refractivity contribution in [1.82, 2.24) is 5.32 Å². The lowest BCUT2D eigenvalue weighted by Crippen LogP contribution is -2.36. The van der Waals surface area contributed by atoms with Gasteiger partial charge in [-0.2, -0.15) is 0 Å². The van der Waals surface area contributed by atoms with E-state index in [1.165, 1.54) is 19.1 Å². The van der Waals surface area contributed by atoms with Crippen molar-refractivity contribution in [3.05, 3.63) is 59.2 Å². The molecule has 24 heavy (non-hydrogen) atoms. The van der Waals surface area contributed by atoms with Crippen molar-refractivity contribution in [3.8, 4) is 11.5 Å². The minimum atomic E-state index is -1.52. The van der Waals surface area contributed by atoms with Crippen LogP contribution in [0.4, 0.5) is 8.78 Å². The number of halogens is 2. The summed E-state index contributed by atoms with van der Waals surface area (Å²) in [4.78, 5) is 0. The van der Waals surface area contributed by atoms with Gasteiger partial charge in [0.15, 0.2) is 0 Å². The van der Waals surface area contributed by atoms with Crippen LogP contribution >= 0.6 is 0 Å². The maximum Gasteiger partial charge on any atom is 0.132 e. The molecule has 0 aliphatic rings. The van der Waals surface area contributed by atoms with Gasteiger partial charge in [0.05, 0.1) is 6.61 Å². The van der Waals surface area contributed by atoms with E-state index in [1.54, 1.807) is 12.1 Å². The molecule has 0 bridgehead atoms. The molecule has 130 valence electrons. The number of phenolic OH excluding ortho intramolecular Hbond substituents is 1.